The van der Waals surface area contributed by atoms with E-state index in [1.807, 2.05) is 67.3 Å². The van der Waals surface area contributed by atoms with Crippen LogP contribution in [0.5, 0.6) is 0 Å². The van der Waals surface area contributed by atoms with Crippen LogP contribution >= 0.6 is 46.2 Å². The first kappa shape index (κ1) is 25.0. The molecule has 2 heterocycles. The number of hydrogen-bond acceptors (Lipinski definition) is 8. The van der Waals surface area contributed by atoms with Gasteiger partial charge in [0.05, 0.1) is 20.4 Å². The van der Waals surface area contributed by atoms with Crippen molar-refractivity contribution in [2.75, 3.05) is 13.1 Å². The van der Waals surface area contributed by atoms with Gasteiger partial charge in [0.25, 0.3) is 0 Å². The fraction of sp³-hybridized carbons (Fsp3) is 0.333. The van der Waals surface area contributed by atoms with Crippen LogP contribution in [0.1, 0.15) is 26.7 Å². The zero-order valence-electron chi connectivity index (χ0n) is 19.0. The lowest BCUT2D eigenvalue weighted by Crippen LogP contribution is -2.36. The summed E-state index contributed by atoms with van der Waals surface area (Å²) in [6, 6.07) is 16.0. The number of thioether (sulfide) groups is 2. The molecule has 6 nitrogen and oxygen atoms in total. The molecule has 4 rings (SSSR count). The van der Waals surface area contributed by atoms with Crippen molar-refractivity contribution in [2.45, 2.75) is 45.9 Å². The van der Waals surface area contributed by atoms with Gasteiger partial charge in [-0.3, -0.25) is 9.59 Å². The Balaban J connectivity index is 1.65. The maximum absolute atomic E-state index is 13.1. The Kier molecular flexibility index (Phi) is 8.46. The fourth-order valence-corrected chi connectivity index (χ4v) is 8.82. The quantitative estimate of drug-likeness (QED) is 0.252. The Hall–Kier alpha value is -2.14. The van der Waals surface area contributed by atoms with Gasteiger partial charge in [0.1, 0.15) is 0 Å². The van der Waals surface area contributed by atoms with Crippen LogP contribution in [-0.4, -0.2) is 50.3 Å². The van der Waals surface area contributed by atoms with Gasteiger partial charge in [-0.05, 0) is 38.1 Å². The van der Waals surface area contributed by atoms with E-state index < -0.39 is 0 Å². The number of amides is 2. The average Bonchev–Trinajstić information content (AvgIpc) is 3.41. The van der Waals surface area contributed by atoms with Crippen molar-refractivity contribution in [2.24, 2.45) is 5.73 Å². The first-order valence-corrected chi connectivity index (χ1v) is 14.5. The third-order valence-corrected chi connectivity index (χ3v) is 10.5. The standard InChI is InChI=1S/C24H26N4O2S4/c1-3-28(4-2)22(30)14-20(34-24-27-16-10-6-8-12-18(16)32-24)19(13-21(25)29)33-23-26-15-9-5-7-11-17(15)31-23/h5-12,19-20H,3-4,13-14H2,1-2H3,(H2,25,29). The van der Waals surface area contributed by atoms with Crippen molar-refractivity contribution in [1.29, 1.82) is 0 Å². The van der Waals surface area contributed by atoms with Crippen LogP contribution < -0.4 is 5.73 Å². The molecule has 0 aliphatic rings. The third kappa shape index (κ3) is 6.10. The van der Waals surface area contributed by atoms with E-state index in [4.69, 9.17) is 15.7 Å². The Labute approximate surface area is 215 Å². The summed E-state index contributed by atoms with van der Waals surface area (Å²) < 4.78 is 3.96. The van der Waals surface area contributed by atoms with Crippen LogP contribution in [0.3, 0.4) is 0 Å². The molecule has 0 bridgehead atoms. The van der Waals surface area contributed by atoms with Crippen molar-refractivity contribution in [1.82, 2.24) is 14.9 Å². The van der Waals surface area contributed by atoms with E-state index >= 15 is 0 Å². The minimum absolute atomic E-state index is 0.0722. The van der Waals surface area contributed by atoms with Crippen LogP contribution in [0, 0.1) is 0 Å². The summed E-state index contributed by atoms with van der Waals surface area (Å²) >= 11 is 6.31. The Morgan fingerprint density at radius 1 is 0.853 bits per heavy atom. The molecule has 2 amide bonds. The second-order valence-corrected chi connectivity index (χ2v) is 12.7. The zero-order valence-corrected chi connectivity index (χ0v) is 22.2. The molecule has 2 aromatic carbocycles. The number of nitrogens with zero attached hydrogens (tertiary/aromatic N) is 3. The molecule has 0 saturated heterocycles. The summed E-state index contributed by atoms with van der Waals surface area (Å²) in [5.74, 6) is -0.313. The van der Waals surface area contributed by atoms with Gasteiger partial charge in [-0.25, -0.2) is 9.97 Å². The van der Waals surface area contributed by atoms with Crippen molar-refractivity contribution in [3.63, 3.8) is 0 Å². The van der Waals surface area contributed by atoms with Gasteiger partial charge in [0.2, 0.25) is 11.8 Å². The van der Waals surface area contributed by atoms with Crippen molar-refractivity contribution >= 4 is 78.4 Å². The average molecular weight is 531 g/mol. The number of rotatable bonds is 11. The molecule has 10 heteroatoms. The Morgan fingerprint density at radius 2 is 1.32 bits per heavy atom. The van der Waals surface area contributed by atoms with Crippen LogP contribution in [0.15, 0.2) is 57.2 Å². The van der Waals surface area contributed by atoms with E-state index in [0.29, 0.717) is 19.5 Å². The first-order chi connectivity index (χ1) is 16.5. The summed E-state index contributed by atoms with van der Waals surface area (Å²) in [5, 5.41) is -0.396. The first-order valence-electron chi connectivity index (χ1n) is 11.1. The monoisotopic (exact) mass is 530 g/mol. The van der Waals surface area contributed by atoms with Gasteiger partial charge in [-0.2, -0.15) is 0 Å². The van der Waals surface area contributed by atoms with E-state index in [0.717, 1.165) is 29.1 Å². The van der Waals surface area contributed by atoms with Crippen LogP contribution in [0.2, 0.25) is 0 Å². The lowest BCUT2D eigenvalue weighted by Gasteiger charge is -2.26. The van der Waals surface area contributed by atoms with Crippen LogP contribution in [-0.2, 0) is 9.59 Å². The van der Waals surface area contributed by atoms with Crippen molar-refractivity contribution in [3.05, 3.63) is 48.5 Å². The van der Waals surface area contributed by atoms with Gasteiger partial charge in [-0.1, -0.05) is 47.8 Å². The number of benzene rings is 2. The molecule has 0 aliphatic carbocycles. The number of aromatic nitrogens is 2. The third-order valence-electron chi connectivity index (χ3n) is 5.36. The molecular weight excluding hydrogens is 505 g/mol. The molecule has 2 N–H and O–H groups in total. The number of carbonyl (C=O) groups excluding carboxylic acids is 2. The highest BCUT2D eigenvalue weighted by atomic mass is 32.2. The predicted octanol–water partition coefficient (Wildman–Crippen LogP) is 5.66. The second-order valence-electron chi connectivity index (χ2n) is 7.65. The molecule has 2 atom stereocenters. The molecule has 2 unspecified atom stereocenters. The van der Waals surface area contributed by atoms with Gasteiger partial charge in [0.15, 0.2) is 8.68 Å². The van der Waals surface area contributed by atoms with E-state index in [2.05, 4.69) is 0 Å². The number of nitrogens with two attached hydrogens (primary N) is 1. The molecule has 0 saturated carbocycles. The smallest absolute Gasteiger partial charge is 0.223 e. The topological polar surface area (TPSA) is 89.2 Å². The summed E-state index contributed by atoms with van der Waals surface area (Å²) in [4.78, 5) is 36.5. The molecule has 0 fully saturated rings. The molecule has 2 aromatic heterocycles. The number of thiazole rings is 2. The summed E-state index contributed by atoms with van der Waals surface area (Å²) in [7, 11) is 0. The number of primary amides is 1. The minimum atomic E-state index is -0.385. The van der Waals surface area contributed by atoms with Crippen LogP contribution in [0.4, 0.5) is 0 Å². The summed E-state index contributed by atoms with van der Waals surface area (Å²) in [6.07, 6.45) is 0.465. The highest BCUT2D eigenvalue weighted by Crippen LogP contribution is 2.42. The van der Waals surface area contributed by atoms with Gasteiger partial charge >= 0.3 is 0 Å². The molecular formula is C24H26N4O2S4. The van der Waals surface area contributed by atoms with Gasteiger partial charge in [0, 0.05) is 36.4 Å². The molecule has 0 spiro atoms. The van der Waals surface area contributed by atoms with E-state index in [1.54, 1.807) is 34.4 Å². The number of hydrogen-bond donors (Lipinski definition) is 1. The normalized spacial score (nSPS) is 13.2. The lowest BCUT2D eigenvalue weighted by atomic mass is 10.1. The number of carbonyl (C=O) groups is 2. The molecule has 34 heavy (non-hydrogen) atoms. The zero-order chi connectivity index (χ0) is 24.1. The van der Waals surface area contributed by atoms with Crippen molar-refractivity contribution in [3.8, 4) is 0 Å². The molecule has 4 aromatic rings. The summed E-state index contributed by atoms with van der Waals surface area (Å²) in [5.41, 5.74) is 7.54. The fourth-order valence-electron chi connectivity index (χ4n) is 3.64. The minimum Gasteiger partial charge on any atom is -0.370 e. The Bertz CT molecular complexity index is 1220. The molecule has 0 radical (unpaired) electrons. The van der Waals surface area contributed by atoms with Crippen LogP contribution in [0.25, 0.3) is 20.4 Å². The maximum Gasteiger partial charge on any atom is 0.223 e. The van der Waals surface area contributed by atoms with Gasteiger partial charge in [-0.15, -0.1) is 22.7 Å². The van der Waals surface area contributed by atoms with Crippen molar-refractivity contribution < 1.29 is 9.59 Å². The SMILES string of the molecule is CCN(CC)C(=O)CC(Sc1nc2ccccc2s1)C(CC(N)=O)Sc1nc2ccccc2s1. The maximum atomic E-state index is 13.1. The summed E-state index contributed by atoms with van der Waals surface area (Å²) in [6.45, 7) is 5.26. The van der Waals surface area contributed by atoms with E-state index in [-0.39, 0.29) is 28.7 Å². The molecule has 178 valence electrons. The number of fused-ring (bicyclic) bond motifs is 2. The van der Waals surface area contributed by atoms with E-state index in [1.165, 1.54) is 11.8 Å². The largest absolute Gasteiger partial charge is 0.370 e. The Morgan fingerprint density at radius 3 is 1.76 bits per heavy atom. The van der Waals surface area contributed by atoms with Gasteiger partial charge < -0.3 is 10.6 Å². The second kappa shape index (κ2) is 11.5. The highest BCUT2D eigenvalue weighted by Gasteiger charge is 2.31. The highest BCUT2D eigenvalue weighted by molar-refractivity contribution is 8.05. The lowest BCUT2D eigenvalue weighted by molar-refractivity contribution is -0.131. The molecule has 0 aliphatic heterocycles. The predicted molar refractivity (Wildman–Crippen MR) is 145 cm³/mol. The van der Waals surface area contributed by atoms with E-state index in [9.17, 15) is 9.59 Å². The number of para-hydroxylation sites is 2.